The third-order valence-electron chi connectivity index (χ3n) is 2.51. The Morgan fingerprint density at radius 2 is 2.06 bits per heavy atom. The van der Waals surface area contributed by atoms with Gasteiger partial charge in [0.2, 0.25) is 5.88 Å². The Morgan fingerprint density at radius 3 is 2.69 bits per heavy atom. The minimum atomic E-state index is 0.244. The molecule has 0 radical (unpaired) electrons. The number of aromatic nitrogens is 2. The van der Waals surface area contributed by atoms with Crippen LogP contribution in [0.4, 0.5) is 0 Å². The molecule has 1 aromatic heterocycles. The standard InChI is InChI=1S/C12H21N3O/c1-4-6-7-10(13-5-2)11-12(16-3)15-9-8-14-11/h8-10,13H,4-7H2,1-3H3. The van der Waals surface area contributed by atoms with Crippen LogP contribution in [0.1, 0.15) is 44.8 Å². The molecule has 1 unspecified atom stereocenters. The first kappa shape index (κ1) is 12.9. The fourth-order valence-corrected chi connectivity index (χ4v) is 1.72. The van der Waals surface area contributed by atoms with Gasteiger partial charge in [-0.25, -0.2) is 4.98 Å². The molecule has 0 aliphatic heterocycles. The summed E-state index contributed by atoms with van der Waals surface area (Å²) in [5.41, 5.74) is 0.917. The largest absolute Gasteiger partial charge is 0.480 e. The van der Waals surface area contributed by atoms with E-state index >= 15 is 0 Å². The summed E-state index contributed by atoms with van der Waals surface area (Å²) in [6.45, 7) is 5.22. The van der Waals surface area contributed by atoms with Crippen molar-refractivity contribution in [2.45, 2.75) is 39.2 Å². The van der Waals surface area contributed by atoms with E-state index in [2.05, 4.69) is 29.1 Å². The predicted octanol–water partition coefficient (Wildman–Crippen LogP) is 2.33. The van der Waals surface area contributed by atoms with Crippen molar-refractivity contribution in [3.05, 3.63) is 18.1 Å². The number of methoxy groups -OCH3 is 1. The average molecular weight is 223 g/mol. The van der Waals surface area contributed by atoms with Gasteiger partial charge in [0, 0.05) is 12.4 Å². The highest BCUT2D eigenvalue weighted by Gasteiger charge is 2.16. The third kappa shape index (κ3) is 3.45. The van der Waals surface area contributed by atoms with Gasteiger partial charge in [-0.3, -0.25) is 4.98 Å². The molecule has 1 aromatic rings. The molecule has 1 heterocycles. The monoisotopic (exact) mass is 223 g/mol. The Morgan fingerprint density at radius 1 is 1.31 bits per heavy atom. The van der Waals surface area contributed by atoms with Gasteiger partial charge in [-0.15, -0.1) is 0 Å². The predicted molar refractivity (Wildman–Crippen MR) is 64.5 cm³/mol. The molecule has 0 aliphatic carbocycles. The van der Waals surface area contributed by atoms with Crippen LogP contribution in [0.5, 0.6) is 5.88 Å². The van der Waals surface area contributed by atoms with Crippen molar-refractivity contribution in [1.29, 1.82) is 0 Å². The second kappa shape index (κ2) is 7.17. The van der Waals surface area contributed by atoms with Gasteiger partial charge in [-0.1, -0.05) is 26.7 Å². The second-order valence-corrected chi connectivity index (χ2v) is 3.70. The van der Waals surface area contributed by atoms with Gasteiger partial charge < -0.3 is 10.1 Å². The molecule has 0 bridgehead atoms. The minimum absolute atomic E-state index is 0.244. The number of hydrogen-bond acceptors (Lipinski definition) is 4. The summed E-state index contributed by atoms with van der Waals surface area (Å²) in [6, 6.07) is 0.244. The molecule has 1 rings (SSSR count). The van der Waals surface area contributed by atoms with Crippen LogP contribution in [-0.2, 0) is 0 Å². The van der Waals surface area contributed by atoms with Crippen molar-refractivity contribution in [2.24, 2.45) is 0 Å². The Balaban J connectivity index is 2.81. The molecule has 0 spiro atoms. The van der Waals surface area contributed by atoms with E-state index in [0.29, 0.717) is 5.88 Å². The van der Waals surface area contributed by atoms with Crippen LogP contribution < -0.4 is 10.1 Å². The maximum absolute atomic E-state index is 5.24. The molecule has 0 saturated carbocycles. The molecule has 0 amide bonds. The van der Waals surface area contributed by atoms with Gasteiger partial charge in [0.1, 0.15) is 5.69 Å². The van der Waals surface area contributed by atoms with Crippen LogP contribution in [0.15, 0.2) is 12.4 Å². The number of nitrogens with zero attached hydrogens (tertiary/aromatic N) is 2. The quantitative estimate of drug-likeness (QED) is 0.770. The summed E-state index contributed by atoms with van der Waals surface area (Å²) in [7, 11) is 1.64. The summed E-state index contributed by atoms with van der Waals surface area (Å²) in [5, 5.41) is 3.43. The van der Waals surface area contributed by atoms with Crippen LogP contribution in [0, 0.1) is 0 Å². The fraction of sp³-hybridized carbons (Fsp3) is 0.667. The number of ether oxygens (including phenoxy) is 1. The minimum Gasteiger partial charge on any atom is -0.480 e. The van der Waals surface area contributed by atoms with E-state index in [1.807, 2.05) is 0 Å². The number of unbranched alkanes of at least 4 members (excludes halogenated alkanes) is 1. The van der Waals surface area contributed by atoms with Gasteiger partial charge in [-0.2, -0.15) is 0 Å². The van der Waals surface area contributed by atoms with E-state index in [1.54, 1.807) is 19.5 Å². The van der Waals surface area contributed by atoms with Crippen LogP contribution in [0.2, 0.25) is 0 Å². The highest BCUT2D eigenvalue weighted by Crippen LogP contribution is 2.23. The van der Waals surface area contributed by atoms with E-state index < -0.39 is 0 Å². The van der Waals surface area contributed by atoms with E-state index in [0.717, 1.165) is 18.7 Å². The van der Waals surface area contributed by atoms with Crippen LogP contribution in [-0.4, -0.2) is 23.6 Å². The van der Waals surface area contributed by atoms with Crippen molar-refractivity contribution in [1.82, 2.24) is 15.3 Å². The Hall–Kier alpha value is -1.16. The molecular formula is C12H21N3O. The maximum atomic E-state index is 5.24. The molecule has 90 valence electrons. The summed E-state index contributed by atoms with van der Waals surface area (Å²) >= 11 is 0. The molecular weight excluding hydrogens is 202 g/mol. The summed E-state index contributed by atoms with van der Waals surface area (Å²) < 4.78 is 5.24. The highest BCUT2D eigenvalue weighted by molar-refractivity contribution is 5.21. The van der Waals surface area contributed by atoms with Gasteiger partial charge in [0.05, 0.1) is 13.2 Å². The molecule has 1 atom stereocenters. The number of hydrogen-bond donors (Lipinski definition) is 1. The average Bonchev–Trinajstić information content (AvgIpc) is 2.34. The zero-order chi connectivity index (χ0) is 11.8. The van der Waals surface area contributed by atoms with Crippen molar-refractivity contribution in [3.63, 3.8) is 0 Å². The van der Waals surface area contributed by atoms with Crippen molar-refractivity contribution in [3.8, 4) is 5.88 Å². The molecule has 16 heavy (non-hydrogen) atoms. The van der Waals surface area contributed by atoms with Crippen molar-refractivity contribution >= 4 is 0 Å². The Labute approximate surface area is 97.5 Å². The van der Waals surface area contributed by atoms with E-state index in [9.17, 15) is 0 Å². The first-order chi connectivity index (χ1) is 7.83. The normalized spacial score (nSPS) is 12.4. The summed E-state index contributed by atoms with van der Waals surface area (Å²) in [4.78, 5) is 8.56. The van der Waals surface area contributed by atoms with Crippen LogP contribution >= 0.6 is 0 Å². The molecule has 4 heteroatoms. The van der Waals surface area contributed by atoms with Gasteiger partial charge >= 0.3 is 0 Å². The number of nitrogens with one attached hydrogen (secondary N) is 1. The van der Waals surface area contributed by atoms with E-state index in [-0.39, 0.29) is 6.04 Å². The van der Waals surface area contributed by atoms with Gasteiger partial charge in [0.15, 0.2) is 0 Å². The zero-order valence-corrected chi connectivity index (χ0v) is 10.4. The Kier molecular flexibility index (Phi) is 5.78. The summed E-state index contributed by atoms with van der Waals surface area (Å²) in [6.07, 6.45) is 6.81. The summed E-state index contributed by atoms with van der Waals surface area (Å²) in [5.74, 6) is 0.629. The lowest BCUT2D eigenvalue weighted by Crippen LogP contribution is -2.22. The first-order valence-electron chi connectivity index (χ1n) is 5.91. The lowest BCUT2D eigenvalue weighted by Gasteiger charge is -2.18. The van der Waals surface area contributed by atoms with Crippen LogP contribution in [0.25, 0.3) is 0 Å². The van der Waals surface area contributed by atoms with Gasteiger partial charge in [0.25, 0.3) is 0 Å². The fourth-order valence-electron chi connectivity index (χ4n) is 1.72. The zero-order valence-electron chi connectivity index (χ0n) is 10.4. The highest BCUT2D eigenvalue weighted by atomic mass is 16.5. The lowest BCUT2D eigenvalue weighted by atomic mass is 10.1. The number of rotatable bonds is 7. The van der Waals surface area contributed by atoms with Gasteiger partial charge in [-0.05, 0) is 13.0 Å². The third-order valence-corrected chi connectivity index (χ3v) is 2.51. The smallest absolute Gasteiger partial charge is 0.236 e. The lowest BCUT2D eigenvalue weighted by molar-refractivity contribution is 0.372. The van der Waals surface area contributed by atoms with Crippen molar-refractivity contribution < 1.29 is 4.74 Å². The molecule has 0 fully saturated rings. The Bertz CT molecular complexity index is 304. The second-order valence-electron chi connectivity index (χ2n) is 3.70. The van der Waals surface area contributed by atoms with Crippen molar-refractivity contribution in [2.75, 3.05) is 13.7 Å². The molecule has 0 saturated heterocycles. The topological polar surface area (TPSA) is 47.0 Å². The van der Waals surface area contributed by atoms with Crippen LogP contribution in [0.3, 0.4) is 0 Å². The molecule has 1 N–H and O–H groups in total. The molecule has 4 nitrogen and oxygen atoms in total. The molecule has 0 aliphatic rings. The van der Waals surface area contributed by atoms with E-state index in [4.69, 9.17) is 4.74 Å². The molecule has 0 aromatic carbocycles. The van der Waals surface area contributed by atoms with E-state index in [1.165, 1.54) is 12.8 Å². The first-order valence-corrected chi connectivity index (χ1v) is 5.91. The SMILES string of the molecule is CCCCC(NCC)c1nccnc1OC. The maximum Gasteiger partial charge on any atom is 0.236 e.